The molecule has 27 heavy (non-hydrogen) atoms. The lowest BCUT2D eigenvalue weighted by atomic mass is 10.1. The fraction of sp³-hybridized carbons (Fsp3) is 0.474. The Bertz CT molecular complexity index is 700. The topological polar surface area (TPSA) is 83.7 Å². The number of aliphatic hydroxyl groups excluding tert-OH is 1. The van der Waals surface area contributed by atoms with Crippen molar-refractivity contribution in [3.8, 4) is 5.75 Å². The highest BCUT2D eigenvalue weighted by atomic mass is 127. The van der Waals surface area contributed by atoms with Crippen LogP contribution in [0.5, 0.6) is 5.75 Å². The summed E-state index contributed by atoms with van der Waals surface area (Å²) in [5.74, 6) is 1.46. The Balaban J connectivity index is 0.00000364. The monoisotopic (exact) mass is 487 g/mol. The fourth-order valence-corrected chi connectivity index (χ4v) is 2.42. The maximum absolute atomic E-state index is 10.4. The quantitative estimate of drug-likeness (QED) is 0.303. The molecule has 0 saturated carbocycles. The maximum Gasteiger partial charge on any atom is 0.191 e. The summed E-state index contributed by atoms with van der Waals surface area (Å²) < 4.78 is 7.37. The van der Waals surface area contributed by atoms with Gasteiger partial charge in [0, 0.05) is 31.9 Å². The van der Waals surface area contributed by atoms with Crippen molar-refractivity contribution >= 4 is 29.9 Å². The van der Waals surface area contributed by atoms with Gasteiger partial charge in [-0.15, -0.1) is 24.0 Å². The van der Waals surface area contributed by atoms with Crippen LogP contribution in [-0.4, -0.2) is 40.0 Å². The molecule has 0 bridgehead atoms. The second-order valence-electron chi connectivity index (χ2n) is 6.35. The number of guanidine groups is 1. The zero-order valence-electron chi connectivity index (χ0n) is 16.3. The van der Waals surface area contributed by atoms with Crippen molar-refractivity contribution in [2.24, 2.45) is 12.0 Å². The van der Waals surface area contributed by atoms with Gasteiger partial charge in [0.05, 0.1) is 24.9 Å². The van der Waals surface area contributed by atoms with E-state index < -0.39 is 6.10 Å². The Kier molecular flexibility index (Phi) is 10.2. The largest absolute Gasteiger partial charge is 0.491 e. The van der Waals surface area contributed by atoms with Crippen LogP contribution in [0, 0.1) is 0 Å². The van der Waals surface area contributed by atoms with E-state index >= 15 is 0 Å². The van der Waals surface area contributed by atoms with E-state index in [1.165, 1.54) is 0 Å². The summed E-state index contributed by atoms with van der Waals surface area (Å²) in [4.78, 5) is 4.52. The molecule has 2 rings (SSSR count). The van der Waals surface area contributed by atoms with E-state index in [9.17, 15) is 5.11 Å². The van der Waals surface area contributed by atoms with Gasteiger partial charge in [-0.2, -0.15) is 5.10 Å². The van der Waals surface area contributed by atoms with Gasteiger partial charge in [0.15, 0.2) is 5.96 Å². The Hall–Kier alpha value is -1.81. The number of aliphatic imine (C=N–C) groups is 1. The average Bonchev–Trinajstić information content (AvgIpc) is 3.02. The van der Waals surface area contributed by atoms with Gasteiger partial charge < -0.3 is 20.5 Å². The number of rotatable bonds is 8. The first-order valence-corrected chi connectivity index (χ1v) is 8.92. The molecule has 0 amide bonds. The minimum atomic E-state index is -0.634. The van der Waals surface area contributed by atoms with Crippen molar-refractivity contribution in [3.63, 3.8) is 0 Å². The van der Waals surface area contributed by atoms with Crippen LogP contribution < -0.4 is 15.4 Å². The normalized spacial score (nSPS) is 12.4. The van der Waals surface area contributed by atoms with Crippen LogP contribution in [0.25, 0.3) is 0 Å². The van der Waals surface area contributed by atoms with Crippen LogP contribution in [0.3, 0.4) is 0 Å². The van der Waals surface area contributed by atoms with E-state index in [2.05, 4.69) is 20.7 Å². The third-order valence-corrected chi connectivity index (χ3v) is 3.62. The van der Waals surface area contributed by atoms with Crippen LogP contribution in [0.1, 0.15) is 38.0 Å². The minimum Gasteiger partial charge on any atom is -0.491 e. The third kappa shape index (κ3) is 8.17. The predicted molar refractivity (Wildman–Crippen MR) is 119 cm³/mol. The molecule has 0 aliphatic carbocycles. The highest BCUT2D eigenvalue weighted by Crippen LogP contribution is 2.18. The van der Waals surface area contributed by atoms with Crippen LogP contribution in [0.15, 0.2) is 41.7 Å². The van der Waals surface area contributed by atoms with Crippen molar-refractivity contribution in [1.29, 1.82) is 0 Å². The molecule has 8 heteroatoms. The smallest absolute Gasteiger partial charge is 0.191 e. The molecule has 0 saturated heterocycles. The molecule has 0 aliphatic rings. The van der Waals surface area contributed by atoms with Gasteiger partial charge >= 0.3 is 0 Å². The van der Waals surface area contributed by atoms with Gasteiger partial charge in [0.25, 0.3) is 0 Å². The lowest BCUT2D eigenvalue weighted by Crippen LogP contribution is -2.39. The molecule has 3 N–H and O–H groups in total. The summed E-state index contributed by atoms with van der Waals surface area (Å²) in [5, 5.41) is 20.9. The lowest BCUT2D eigenvalue weighted by molar-refractivity contribution is 0.180. The summed E-state index contributed by atoms with van der Waals surface area (Å²) in [6, 6.07) is 7.51. The van der Waals surface area contributed by atoms with Crippen LogP contribution >= 0.6 is 24.0 Å². The first-order chi connectivity index (χ1) is 12.5. The van der Waals surface area contributed by atoms with E-state index in [0.29, 0.717) is 19.0 Å². The van der Waals surface area contributed by atoms with Crippen molar-refractivity contribution in [3.05, 3.63) is 47.8 Å². The number of ether oxygens (including phenoxy) is 1. The van der Waals surface area contributed by atoms with Crippen molar-refractivity contribution in [2.75, 3.05) is 13.1 Å². The Morgan fingerprint density at radius 1 is 1.26 bits per heavy atom. The van der Waals surface area contributed by atoms with Gasteiger partial charge in [0.2, 0.25) is 0 Å². The van der Waals surface area contributed by atoms with E-state index in [1.807, 2.05) is 58.3 Å². The lowest BCUT2D eigenvalue weighted by Gasteiger charge is -2.16. The zero-order chi connectivity index (χ0) is 18.9. The molecule has 1 heterocycles. The van der Waals surface area contributed by atoms with Gasteiger partial charge in [-0.25, -0.2) is 4.99 Å². The van der Waals surface area contributed by atoms with Gasteiger partial charge in [-0.3, -0.25) is 4.68 Å². The number of benzene rings is 1. The molecule has 1 aromatic heterocycles. The van der Waals surface area contributed by atoms with E-state index in [1.54, 1.807) is 10.9 Å². The number of nitrogens with zero attached hydrogens (tertiary/aromatic N) is 3. The Labute approximate surface area is 178 Å². The molecule has 150 valence electrons. The molecular weight excluding hydrogens is 457 g/mol. The van der Waals surface area contributed by atoms with Crippen LogP contribution in [0.4, 0.5) is 0 Å². The van der Waals surface area contributed by atoms with Crippen LogP contribution in [0.2, 0.25) is 0 Å². The van der Waals surface area contributed by atoms with Gasteiger partial charge in [0.1, 0.15) is 5.75 Å². The van der Waals surface area contributed by atoms with Crippen LogP contribution in [-0.2, 0) is 13.6 Å². The summed E-state index contributed by atoms with van der Waals surface area (Å²) in [6.07, 6.45) is 3.22. The predicted octanol–water partition coefficient (Wildman–Crippen LogP) is 2.61. The SMILES string of the molecule is CCNC(=NCc1cnn(C)c1)NCC(O)c1ccc(OC(C)C)cc1.I. The molecule has 1 unspecified atom stereocenters. The van der Waals surface area contributed by atoms with E-state index in [4.69, 9.17) is 4.74 Å². The fourth-order valence-electron chi connectivity index (χ4n) is 2.42. The molecule has 0 fully saturated rings. The molecular formula is C19H30IN5O2. The second kappa shape index (κ2) is 11.8. The molecule has 1 aromatic carbocycles. The molecule has 7 nitrogen and oxygen atoms in total. The minimum absolute atomic E-state index is 0. The molecule has 0 aliphatic heterocycles. The third-order valence-electron chi connectivity index (χ3n) is 3.62. The van der Waals surface area contributed by atoms with Gasteiger partial charge in [-0.05, 0) is 38.5 Å². The first kappa shape index (κ1) is 23.2. The molecule has 2 aromatic rings. The Morgan fingerprint density at radius 3 is 2.52 bits per heavy atom. The van der Waals surface area contributed by atoms with Crippen molar-refractivity contribution in [2.45, 2.75) is 39.5 Å². The summed E-state index contributed by atoms with van der Waals surface area (Å²) in [7, 11) is 1.88. The zero-order valence-corrected chi connectivity index (χ0v) is 18.7. The number of aromatic nitrogens is 2. The average molecular weight is 487 g/mol. The number of aryl methyl sites for hydroxylation is 1. The maximum atomic E-state index is 10.4. The Morgan fingerprint density at radius 2 is 1.96 bits per heavy atom. The molecule has 0 radical (unpaired) electrons. The molecule has 0 spiro atoms. The van der Waals surface area contributed by atoms with Gasteiger partial charge in [-0.1, -0.05) is 12.1 Å². The first-order valence-electron chi connectivity index (χ1n) is 8.92. The number of hydrogen-bond acceptors (Lipinski definition) is 4. The highest BCUT2D eigenvalue weighted by Gasteiger charge is 2.09. The second-order valence-corrected chi connectivity index (χ2v) is 6.35. The van der Waals surface area contributed by atoms with E-state index in [-0.39, 0.29) is 30.1 Å². The summed E-state index contributed by atoms with van der Waals surface area (Å²) in [5.41, 5.74) is 1.86. The number of nitrogens with one attached hydrogen (secondary N) is 2. The number of hydrogen-bond donors (Lipinski definition) is 3. The number of aliphatic hydroxyl groups is 1. The van der Waals surface area contributed by atoms with Crippen molar-refractivity contribution < 1.29 is 9.84 Å². The highest BCUT2D eigenvalue weighted by molar-refractivity contribution is 14.0. The standard InChI is InChI=1S/C19H29N5O2.HI/c1-5-20-19(21-10-15-11-23-24(4)13-15)22-12-18(25)16-6-8-17(9-7-16)26-14(2)3;/h6-9,11,13-14,18,25H,5,10,12H2,1-4H3,(H2,20,21,22);1H. The number of halogens is 1. The van der Waals surface area contributed by atoms with Crippen molar-refractivity contribution in [1.82, 2.24) is 20.4 Å². The van der Waals surface area contributed by atoms with E-state index in [0.717, 1.165) is 23.4 Å². The summed E-state index contributed by atoms with van der Waals surface area (Å²) >= 11 is 0. The summed E-state index contributed by atoms with van der Waals surface area (Å²) in [6.45, 7) is 7.62. The molecule has 1 atom stereocenters.